The zero-order valence-electron chi connectivity index (χ0n) is 10.6. The lowest BCUT2D eigenvalue weighted by Gasteiger charge is -2.07. The summed E-state index contributed by atoms with van der Waals surface area (Å²) in [5.41, 5.74) is 9.97. The Hall–Kier alpha value is -1.77. The highest BCUT2D eigenvalue weighted by atomic mass is 15.3. The summed E-state index contributed by atoms with van der Waals surface area (Å²) in [4.78, 5) is 0. The topological polar surface area (TPSA) is 43.8 Å². The lowest BCUT2D eigenvalue weighted by molar-refractivity contribution is 0.479. The molecular weight excluding hydrogens is 210 g/mol. The number of anilines is 1. The summed E-state index contributed by atoms with van der Waals surface area (Å²) in [5.74, 6) is 0. The molecule has 1 aromatic carbocycles. The third kappa shape index (κ3) is 2.33. The molecule has 0 aliphatic carbocycles. The van der Waals surface area contributed by atoms with Crippen molar-refractivity contribution in [3.63, 3.8) is 0 Å². The minimum absolute atomic E-state index is 0.385. The van der Waals surface area contributed by atoms with E-state index in [1.807, 2.05) is 23.0 Å². The highest BCUT2D eigenvalue weighted by molar-refractivity contribution is 5.72. The van der Waals surface area contributed by atoms with Crippen molar-refractivity contribution < 1.29 is 0 Å². The van der Waals surface area contributed by atoms with E-state index in [1.54, 1.807) is 0 Å². The van der Waals surface area contributed by atoms with Crippen LogP contribution in [-0.2, 0) is 0 Å². The Balaban J connectivity index is 2.42. The fraction of sp³-hybridized carbons (Fsp3) is 0.357. The van der Waals surface area contributed by atoms with Gasteiger partial charge in [0.15, 0.2) is 0 Å². The molecule has 1 atom stereocenters. The summed E-state index contributed by atoms with van der Waals surface area (Å²) in [5, 5.41) is 4.58. The molecule has 0 radical (unpaired) electrons. The van der Waals surface area contributed by atoms with Crippen molar-refractivity contribution in [2.45, 2.75) is 33.2 Å². The van der Waals surface area contributed by atoms with Crippen LogP contribution in [0.4, 0.5) is 5.69 Å². The van der Waals surface area contributed by atoms with Crippen LogP contribution < -0.4 is 5.73 Å². The van der Waals surface area contributed by atoms with Gasteiger partial charge in [0.2, 0.25) is 0 Å². The van der Waals surface area contributed by atoms with Crippen LogP contribution in [0.5, 0.6) is 0 Å². The lowest BCUT2D eigenvalue weighted by Crippen LogP contribution is -2.04. The fourth-order valence-electron chi connectivity index (χ4n) is 1.84. The van der Waals surface area contributed by atoms with E-state index in [2.05, 4.69) is 38.0 Å². The van der Waals surface area contributed by atoms with Gasteiger partial charge in [0.1, 0.15) is 5.69 Å². The standard InChI is InChI=1S/C14H19N3/c1-4-11(3)17-9-13(15)14(16-17)12-7-5-6-10(2)8-12/h5-9,11H,4,15H2,1-3H3. The maximum atomic E-state index is 6.03. The molecule has 0 saturated heterocycles. The van der Waals surface area contributed by atoms with Crippen LogP contribution in [0.3, 0.4) is 0 Å². The van der Waals surface area contributed by atoms with Gasteiger partial charge in [-0.1, -0.05) is 30.7 Å². The maximum absolute atomic E-state index is 6.03. The van der Waals surface area contributed by atoms with Gasteiger partial charge in [0, 0.05) is 17.8 Å². The normalized spacial score (nSPS) is 12.6. The molecule has 3 heteroatoms. The smallest absolute Gasteiger partial charge is 0.115 e. The average molecular weight is 229 g/mol. The molecule has 0 fully saturated rings. The van der Waals surface area contributed by atoms with Gasteiger partial charge in [0.25, 0.3) is 0 Å². The summed E-state index contributed by atoms with van der Waals surface area (Å²) in [6, 6.07) is 8.65. The molecule has 3 nitrogen and oxygen atoms in total. The van der Waals surface area contributed by atoms with Crippen molar-refractivity contribution in [1.29, 1.82) is 0 Å². The van der Waals surface area contributed by atoms with Crippen molar-refractivity contribution in [2.75, 3.05) is 5.73 Å². The van der Waals surface area contributed by atoms with E-state index in [9.17, 15) is 0 Å². The monoisotopic (exact) mass is 229 g/mol. The molecule has 2 aromatic rings. The zero-order valence-corrected chi connectivity index (χ0v) is 10.6. The molecule has 0 aliphatic heterocycles. The van der Waals surface area contributed by atoms with E-state index in [-0.39, 0.29) is 0 Å². The van der Waals surface area contributed by atoms with Crippen LogP contribution in [0.2, 0.25) is 0 Å². The average Bonchev–Trinajstić information content (AvgIpc) is 2.70. The third-order valence-electron chi connectivity index (χ3n) is 3.09. The quantitative estimate of drug-likeness (QED) is 0.876. The molecule has 0 bridgehead atoms. The molecule has 17 heavy (non-hydrogen) atoms. The summed E-state index contributed by atoms with van der Waals surface area (Å²) in [6.45, 7) is 6.37. The van der Waals surface area contributed by atoms with Gasteiger partial charge in [-0.3, -0.25) is 4.68 Å². The number of nitrogens with two attached hydrogens (primary N) is 1. The number of hydrogen-bond acceptors (Lipinski definition) is 2. The van der Waals surface area contributed by atoms with Gasteiger partial charge in [-0.25, -0.2) is 0 Å². The largest absolute Gasteiger partial charge is 0.396 e. The molecule has 1 aromatic heterocycles. The van der Waals surface area contributed by atoms with Crippen molar-refractivity contribution in [1.82, 2.24) is 9.78 Å². The molecule has 2 rings (SSSR count). The Labute approximate surface area is 102 Å². The maximum Gasteiger partial charge on any atom is 0.115 e. The van der Waals surface area contributed by atoms with E-state index < -0.39 is 0 Å². The molecule has 0 aliphatic rings. The first-order valence-corrected chi connectivity index (χ1v) is 6.03. The molecule has 0 spiro atoms. The number of hydrogen-bond donors (Lipinski definition) is 1. The van der Waals surface area contributed by atoms with Crippen molar-refractivity contribution in [2.24, 2.45) is 0 Å². The predicted molar refractivity (Wildman–Crippen MR) is 71.8 cm³/mol. The lowest BCUT2D eigenvalue weighted by atomic mass is 10.1. The second kappa shape index (κ2) is 4.62. The Morgan fingerprint density at radius 3 is 2.82 bits per heavy atom. The van der Waals surface area contributed by atoms with Gasteiger partial charge >= 0.3 is 0 Å². The fourth-order valence-corrected chi connectivity index (χ4v) is 1.84. The predicted octanol–water partition coefficient (Wildman–Crippen LogP) is 3.41. The summed E-state index contributed by atoms with van der Waals surface area (Å²) < 4.78 is 1.95. The second-order valence-corrected chi connectivity index (χ2v) is 4.54. The SMILES string of the molecule is CCC(C)n1cc(N)c(-c2cccc(C)c2)n1. The van der Waals surface area contributed by atoms with Crippen LogP contribution >= 0.6 is 0 Å². The van der Waals surface area contributed by atoms with Gasteiger partial charge in [0.05, 0.1) is 5.69 Å². The molecule has 1 unspecified atom stereocenters. The van der Waals surface area contributed by atoms with Gasteiger partial charge in [-0.05, 0) is 26.3 Å². The van der Waals surface area contributed by atoms with Crippen molar-refractivity contribution in [3.05, 3.63) is 36.0 Å². The molecule has 1 heterocycles. The first-order valence-electron chi connectivity index (χ1n) is 6.03. The van der Waals surface area contributed by atoms with Gasteiger partial charge in [-0.2, -0.15) is 5.10 Å². The van der Waals surface area contributed by atoms with Crippen LogP contribution in [0.25, 0.3) is 11.3 Å². The molecular formula is C14H19N3. The Kier molecular flexibility index (Phi) is 3.18. The molecule has 2 N–H and O–H groups in total. The number of aromatic nitrogens is 2. The van der Waals surface area contributed by atoms with E-state index in [1.165, 1.54) is 5.56 Å². The minimum Gasteiger partial charge on any atom is -0.396 e. The Morgan fingerprint density at radius 1 is 1.41 bits per heavy atom. The van der Waals surface area contributed by atoms with Crippen LogP contribution in [0.15, 0.2) is 30.5 Å². The van der Waals surface area contributed by atoms with E-state index in [0.29, 0.717) is 6.04 Å². The van der Waals surface area contributed by atoms with E-state index in [0.717, 1.165) is 23.4 Å². The van der Waals surface area contributed by atoms with Crippen LogP contribution in [0, 0.1) is 6.92 Å². The zero-order chi connectivity index (χ0) is 12.4. The summed E-state index contributed by atoms with van der Waals surface area (Å²) >= 11 is 0. The number of nitrogens with zero attached hydrogens (tertiary/aromatic N) is 2. The number of aryl methyl sites for hydroxylation is 1. The highest BCUT2D eigenvalue weighted by Gasteiger charge is 2.11. The van der Waals surface area contributed by atoms with Crippen LogP contribution in [0.1, 0.15) is 31.9 Å². The third-order valence-corrected chi connectivity index (χ3v) is 3.09. The molecule has 0 amide bonds. The van der Waals surface area contributed by atoms with Crippen LogP contribution in [-0.4, -0.2) is 9.78 Å². The highest BCUT2D eigenvalue weighted by Crippen LogP contribution is 2.26. The number of nitrogen functional groups attached to an aromatic ring is 1. The second-order valence-electron chi connectivity index (χ2n) is 4.54. The molecule has 0 saturated carbocycles. The van der Waals surface area contributed by atoms with Crippen molar-refractivity contribution >= 4 is 5.69 Å². The van der Waals surface area contributed by atoms with E-state index >= 15 is 0 Å². The Morgan fingerprint density at radius 2 is 2.18 bits per heavy atom. The first-order chi connectivity index (χ1) is 8.11. The Bertz CT molecular complexity index is 514. The number of benzene rings is 1. The first kappa shape index (κ1) is 11.7. The molecule has 90 valence electrons. The summed E-state index contributed by atoms with van der Waals surface area (Å²) in [7, 11) is 0. The minimum atomic E-state index is 0.385. The van der Waals surface area contributed by atoms with Crippen molar-refractivity contribution in [3.8, 4) is 11.3 Å². The van der Waals surface area contributed by atoms with E-state index in [4.69, 9.17) is 5.73 Å². The van der Waals surface area contributed by atoms with Gasteiger partial charge in [-0.15, -0.1) is 0 Å². The number of rotatable bonds is 3. The summed E-state index contributed by atoms with van der Waals surface area (Å²) in [6.07, 6.45) is 2.97. The van der Waals surface area contributed by atoms with Gasteiger partial charge < -0.3 is 5.73 Å².